The van der Waals surface area contributed by atoms with Gasteiger partial charge in [-0.25, -0.2) is 0 Å². The van der Waals surface area contributed by atoms with Gasteiger partial charge in [0.1, 0.15) is 0 Å². The Morgan fingerprint density at radius 3 is 2.62 bits per heavy atom. The Morgan fingerprint density at radius 2 is 2.12 bits per heavy atom. The molecule has 0 fully saturated rings. The molecule has 1 aromatic rings. The van der Waals surface area contributed by atoms with Crippen LogP contribution in [0, 0.1) is 13.8 Å². The van der Waals surface area contributed by atoms with E-state index in [-0.39, 0.29) is 17.8 Å². The standard InChI is InChI=1S/C12H18N2OS/c1-8-5-4-6-11(10(8)3)14(12(13)16)9(2)7-15/h4-6,9,15H,7H2,1-3H3,(H2,13,16). The number of hydrogen-bond acceptors (Lipinski definition) is 2. The molecular weight excluding hydrogens is 220 g/mol. The highest BCUT2D eigenvalue weighted by Crippen LogP contribution is 2.24. The van der Waals surface area contributed by atoms with Gasteiger partial charge in [0, 0.05) is 5.69 Å². The van der Waals surface area contributed by atoms with Crippen LogP contribution in [0.2, 0.25) is 0 Å². The quantitative estimate of drug-likeness (QED) is 0.788. The molecule has 1 aromatic carbocycles. The molecule has 0 saturated heterocycles. The highest BCUT2D eigenvalue weighted by molar-refractivity contribution is 7.80. The van der Waals surface area contributed by atoms with E-state index in [0.717, 1.165) is 11.3 Å². The average Bonchev–Trinajstić information content (AvgIpc) is 2.24. The summed E-state index contributed by atoms with van der Waals surface area (Å²) >= 11 is 5.04. The first-order valence-corrected chi connectivity index (χ1v) is 5.65. The smallest absolute Gasteiger partial charge is 0.171 e. The molecule has 0 radical (unpaired) electrons. The highest BCUT2D eigenvalue weighted by atomic mass is 32.1. The lowest BCUT2D eigenvalue weighted by molar-refractivity contribution is 0.274. The van der Waals surface area contributed by atoms with Crippen LogP contribution in [-0.4, -0.2) is 22.9 Å². The minimum Gasteiger partial charge on any atom is -0.394 e. The topological polar surface area (TPSA) is 49.5 Å². The third-order valence-corrected chi connectivity index (χ3v) is 2.97. The number of hydrogen-bond donors (Lipinski definition) is 2. The molecule has 3 N–H and O–H groups in total. The zero-order valence-corrected chi connectivity index (χ0v) is 10.7. The van der Waals surface area contributed by atoms with Crippen LogP contribution in [0.3, 0.4) is 0 Å². The van der Waals surface area contributed by atoms with Gasteiger partial charge in [-0.1, -0.05) is 12.1 Å². The summed E-state index contributed by atoms with van der Waals surface area (Å²) in [6.45, 7) is 5.98. The summed E-state index contributed by atoms with van der Waals surface area (Å²) in [5.74, 6) is 0. The van der Waals surface area contributed by atoms with Crippen molar-refractivity contribution in [3.05, 3.63) is 29.3 Å². The molecule has 3 nitrogen and oxygen atoms in total. The summed E-state index contributed by atoms with van der Waals surface area (Å²) in [7, 11) is 0. The van der Waals surface area contributed by atoms with Crippen LogP contribution in [0.4, 0.5) is 5.69 Å². The summed E-state index contributed by atoms with van der Waals surface area (Å²) in [6, 6.07) is 5.86. The van der Waals surface area contributed by atoms with Crippen molar-refractivity contribution in [2.45, 2.75) is 26.8 Å². The Morgan fingerprint density at radius 1 is 1.50 bits per heavy atom. The SMILES string of the molecule is Cc1cccc(N(C(N)=S)C(C)CO)c1C. The summed E-state index contributed by atoms with van der Waals surface area (Å²) in [5.41, 5.74) is 9.00. The van der Waals surface area contributed by atoms with E-state index in [0.29, 0.717) is 0 Å². The van der Waals surface area contributed by atoms with Crippen molar-refractivity contribution >= 4 is 23.0 Å². The molecule has 1 atom stereocenters. The van der Waals surface area contributed by atoms with Gasteiger partial charge in [0.25, 0.3) is 0 Å². The van der Waals surface area contributed by atoms with Gasteiger partial charge >= 0.3 is 0 Å². The van der Waals surface area contributed by atoms with Gasteiger partial charge in [-0.15, -0.1) is 0 Å². The molecule has 0 spiro atoms. The third-order valence-electron chi connectivity index (χ3n) is 2.78. The molecule has 0 saturated carbocycles. The zero-order valence-electron chi connectivity index (χ0n) is 9.90. The third kappa shape index (κ3) is 2.51. The van der Waals surface area contributed by atoms with Crippen molar-refractivity contribution in [3.63, 3.8) is 0 Å². The Kier molecular flexibility index (Phi) is 4.26. The summed E-state index contributed by atoms with van der Waals surface area (Å²) in [5, 5.41) is 9.51. The molecule has 0 amide bonds. The van der Waals surface area contributed by atoms with E-state index < -0.39 is 0 Å². The van der Waals surface area contributed by atoms with E-state index in [1.165, 1.54) is 5.56 Å². The van der Waals surface area contributed by atoms with Crippen molar-refractivity contribution in [3.8, 4) is 0 Å². The lowest BCUT2D eigenvalue weighted by atomic mass is 10.1. The van der Waals surface area contributed by atoms with Crippen molar-refractivity contribution in [1.82, 2.24) is 0 Å². The Hall–Kier alpha value is -1.13. The predicted molar refractivity (Wildman–Crippen MR) is 71.7 cm³/mol. The fraction of sp³-hybridized carbons (Fsp3) is 0.417. The van der Waals surface area contributed by atoms with Gasteiger partial charge in [0.2, 0.25) is 0 Å². The number of benzene rings is 1. The molecule has 0 bridgehead atoms. The number of aryl methyl sites for hydroxylation is 1. The largest absolute Gasteiger partial charge is 0.394 e. The molecular formula is C12H18N2OS. The summed E-state index contributed by atoms with van der Waals surface area (Å²) in [4.78, 5) is 1.79. The second-order valence-electron chi connectivity index (χ2n) is 3.96. The number of nitrogens with two attached hydrogens (primary N) is 1. The molecule has 16 heavy (non-hydrogen) atoms. The van der Waals surface area contributed by atoms with E-state index in [1.54, 1.807) is 4.90 Å². The zero-order chi connectivity index (χ0) is 12.3. The van der Waals surface area contributed by atoms with Crippen LogP contribution in [0.25, 0.3) is 0 Å². The van der Waals surface area contributed by atoms with E-state index in [2.05, 4.69) is 0 Å². The minimum atomic E-state index is -0.113. The molecule has 88 valence electrons. The lowest BCUT2D eigenvalue weighted by Gasteiger charge is -2.30. The van der Waals surface area contributed by atoms with Crippen molar-refractivity contribution in [2.75, 3.05) is 11.5 Å². The summed E-state index contributed by atoms with van der Waals surface area (Å²) < 4.78 is 0. The molecule has 1 unspecified atom stereocenters. The molecule has 0 heterocycles. The second kappa shape index (κ2) is 5.27. The van der Waals surface area contributed by atoms with Crippen LogP contribution < -0.4 is 10.6 Å². The van der Waals surface area contributed by atoms with Crippen LogP contribution in [0.15, 0.2) is 18.2 Å². The van der Waals surface area contributed by atoms with Crippen LogP contribution in [0.1, 0.15) is 18.1 Å². The van der Waals surface area contributed by atoms with E-state index in [4.69, 9.17) is 18.0 Å². The van der Waals surface area contributed by atoms with Gasteiger partial charge in [0.15, 0.2) is 5.11 Å². The Labute approximate surface area is 102 Å². The van der Waals surface area contributed by atoms with Crippen LogP contribution >= 0.6 is 12.2 Å². The van der Waals surface area contributed by atoms with Crippen molar-refractivity contribution in [2.24, 2.45) is 5.73 Å². The number of thiocarbonyl (C=S) groups is 1. The first-order valence-electron chi connectivity index (χ1n) is 5.24. The lowest BCUT2D eigenvalue weighted by Crippen LogP contribution is -2.44. The van der Waals surface area contributed by atoms with E-state index >= 15 is 0 Å². The number of rotatable bonds is 3. The van der Waals surface area contributed by atoms with Gasteiger partial charge in [-0.05, 0) is 50.2 Å². The van der Waals surface area contributed by atoms with Gasteiger partial charge in [0.05, 0.1) is 12.6 Å². The number of aliphatic hydroxyl groups excluding tert-OH is 1. The molecule has 0 aliphatic carbocycles. The maximum Gasteiger partial charge on any atom is 0.171 e. The molecule has 4 heteroatoms. The van der Waals surface area contributed by atoms with Gasteiger partial charge < -0.3 is 15.7 Å². The minimum absolute atomic E-state index is 0.0186. The Bertz CT molecular complexity index is 393. The van der Waals surface area contributed by atoms with Crippen molar-refractivity contribution < 1.29 is 5.11 Å². The number of anilines is 1. The first-order chi connectivity index (χ1) is 7.49. The molecule has 0 aromatic heterocycles. The van der Waals surface area contributed by atoms with Crippen LogP contribution in [0.5, 0.6) is 0 Å². The van der Waals surface area contributed by atoms with Gasteiger partial charge in [-0.2, -0.15) is 0 Å². The number of nitrogens with zero attached hydrogens (tertiary/aromatic N) is 1. The predicted octanol–water partition coefficient (Wildman–Crippen LogP) is 1.73. The van der Waals surface area contributed by atoms with Crippen LogP contribution in [-0.2, 0) is 0 Å². The van der Waals surface area contributed by atoms with Gasteiger partial charge in [-0.3, -0.25) is 0 Å². The molecule has 1 rings (SSSR count). The highest BCUT2D eigenvalue weighted by Gasteiger charge is 2.18. The fourth-order valence-corrected chi connectivity index (χ4v) is 1.93. The fourth-order valence-electron chi connectivity index (χ4n) is 1.65. The molecule has 0 aliphatic heterocycles. The number of aliphatic hydroxyl groups is 1. The average molecular weight is 238 g/mol. The first kappa shape index (κ1) is 12.9. The molecule has 0 aliphatic rings. The second-order valence-corrected chi connectivity index (χ2v) is 4.38. The summed E-state index contributed by atoms with van der Waals surface area (Å²) in [6.07, 6.45) is 0. The van der Waals surface area contributed by atoms with E-state index in [9.17, 15) is 5.11 Å². The Balaban J connectivity index is 3.21. The maximum atomic E-state index is 9.22. The normalized spacial score (nSPS) is 12.2. The van der Waals surface area contributed by atoms with E-state index in [1.807, 2.05) is 39.0 Å². The van der Waals surface area contributed by atoms with Crippen molar-refractivity contribution in [1.29, 1.82) is 0 Å². The monoisotopic (exact) mass is 238 g/mol. The maximum absolute atomic E-state index is 9.22.